The Morgan fingerprint density at radius 3 is 2.49 bits per heavy atom. The zero-order valence-electron chi connectivity index (χ0n) is 23.9. The van der Waals surface area contributed by atoms with Gasteiger partial charge >= 0.3 is 6.09 Å². The summed E-state index contributed by atoms with van der Waals surface area (Å²) in [4.78, 5) is 21.5. The van der Waals surface area contributed by atoms with Gasteiger partial charge in [0.05, 0.1) is 18.3 Å². The van der Waals surface area contributed by atoms with Crippen molar-refractivity contribution in [2.45, 2.75) is 68.9 Å². The van der Waals surface area contributed by atoms with Gasteiger partial charge in [-0.05, 0) is 52.7 Å². The molecule has 0 aromatic carbocycles. The molecule has 0 saturated carbocycles. The number of hydrogen-bond acceptors (Lipinski definition) is 7. The summed E-state index contributed by atoms with van der Waals surface area (Å²) < 4.78 is 50.1. The topological polar surface area (TPSA) is 103 Å². The average molecular weight is 583 g/mol. The monoisotopic (exact) mass is 582 g/mol. The standard InChI is InChI=1S/C29H35FN6O4S/c1-28(2,3)40-27(37)36-19-9-10-20(36)18-34(17-19)24-11-14-31-26-21(24)12-15-35(26)41(38,39)29(4)13-7-6-8-23(29)22-16-32-33(5)25(22)30/h6-8,11-16,19-20,23H,9-10,17-18H2,1-5H3. The van der Waals surface area contributed by atoms with Crippen molar-refractivity contribution in [1.82, 2.24) is 23.6 Å². The molecule has 6 rings (SSSR count). The van der Waals surface area contributed by atoms with Gasteiger partial charge in [0, 0.05) is 55.1 Å². The second-order valence-electron chi connectivity index (χ2n) is 12.3. The van der Waals surface area contributed by atoms with Crippen molar-refractivity contribution in [3.05, 3.63) is 66.5 Å². The molecule has 0 spiro atoms. The maximum absolute atomic E-state index is 14.9. The lowest BCUT2D eigenvalue weighted by atomic mass is 9.84. The number of aromatic nitrogens is 4. The van der Waals surface area contributed by atoms with E-state index in [0.29, 0.717) is 24.1 Å². The fraction of sp³-hybridized carbons (Fsp3) is 0.483. The molecule has 3 aromatic rings. The zero-order valence-corrected chi connectivity index (χ0v) is 24.7. The van der Waals surface area contributed by atoms with Gasteiger partial charge in [-0.15, -0.1) is 0 Å². The summed E-state index contributed by atoms with van der Waals surface area (Å²) in [6, 6.07) is 3.67. The van der Waals surface area contributed by atoms with Crippen LogP contribution in [0.25, 0.3) is 11.0 Å². The number of hydrogen-bond donors (Lipinski definition) is 0. The van der Waals surface area contributed by atoms with E-state index in [1.807, 2.05) is 31.7 Å². The molecule has 218 valence electrons. The van der Waals surface area contributed by atoms with Crippen LogP contribution in [0, 0.1) is 5.95 Å². The normalized spacial score (nSPS) is 26.2. The molecule has 3 aliphatic rings. The number of fused-ring (bicyclic) bond motifs is 3. The van der Waals surface area contributed by atoms with Crippen LogP contribution in [0.15, 0.2) is 55.0 Å². The number of rotatable bonds is 4. The SMILES string of the molecule is Cn1ncc(C2C=CC=CC2(C)S(=O)(=O)n2ccc3c(N4CC5CCC(C4)N5C(=O)OC(C)(C)C)ccnc32)c1F. The number of allylic oxidation sites excluding steroid dienone is 3. The Bertz CT molecular complexity index is 1670. The second kappa shape index (κ2) is 9.43. The van der Waals surface area contributed by atoms with Crippen molar-refractivity contribution in [2.75, 3.05) is 18.0 Å². The highest BCUT2D eigenvalue weighted by Crippen LogP contribution is 2.43. The third kappa shape index (κ3) is 4.34. The van der Waals surface area contributed by atoms with E-state index < -0.39 is 32.2 Å². The van der Waals surface area contributed by atoms with Gasteiger partial charge in [-0.25, -0.2) is 26.9 Å². The maximum atomic E-state index is 14.9. The quantitative estimate of drug-likeness (QED) is 0.451. The van der Waals surface area contributed by atoms with Crippen LogP contribution in [-0.2, 0) is 21.8 Å². The van der Waals surface area contributed by atoms with Gasteiger partial charge < -0.3 is 9.64 Å². The molecule has 12 heteroatoms. The van der Waals surface area contributed by atoms with Crippen molar-refractivity contribution in [3.63, 3.8) is 0 Å². The smallest absolute Gasteiger partial charge is 0.410 e. The minimum absolute atomic E-state index is 0.00541. The van der Waals surface area contributed by atoms with Crippen molar-refractivity contribution >= 4 is 32.8 Å². The van der Waals surface area contributed by atoms with E-state index in [0.717, 1.165) is 23.2 Å². The molecule has 2 saturated heterocycles. The number of aryl methyl sites for hydroxylation is 1. The number of piperazine rings is 1. The Morgan fingerprint density at radius 1 is 1.15 bits per heavy atom. The van der Waals surface area contributed by atoms with Crippen LogP contribution >= 0.6 is 0 Å². The van der Waals surface area contributed by atoms with Crippen molar-refractivity contribution < 1.29 is 22.3 Å². The molecule has 2 fully saturated rings. The molecular weight excluding hydrogens is 547 g/mol. The molecule has 2 bridgehead atoms. The van der Waals surface area contributed by atoms with Gasteiger partial charge in [-0.1, -0.05) is 24.3 Å². The van der Waals surface area contributed by atoms with E-state index in [1.54, 1.807) is 43.5 Å². The Kier molecular flexibility index (Phi) is 6.33. The highest BCUT2D eigenvalue weighted by Gasteiger charge is 2.48. The van der Waals surface area contributed by atoms with E-state index >= 15 is 0 Å². The molecule has 3 aromatic heterocycles. The summed E-state index contributed by atoms with van der Waals surface area (Å²) in [6.07, 6.45) is 12.7. The number of carbonyl (C=O) groups excluding carboxylic acids is 1. The number of anilines is 1. The number of carbonyl (C=O) groups is 1. The number of amides is 1. The highest BCUT2D eigenvalue weighted by atomic mass is 32.2. The second-order valence-corrected chi connectivity index (χ2v) is 14.5. The molecule has 10 nitrogen and oxygen atoms in total. The zero-order chi connectivity index (χ0) is 29.3. The molecule has 0 radical (unpaired) electrons. The Hall–Kier alpha value is -3.67. The number of nitrogens with zero attached hydrogens (tertiary/aromatic N) is 6. The Morgan fingerprint density at radius 2 is 1.85 bits per heavy atom. The molecule has 4 unspecified atom stereocenters. The van der Waals surface area contributed by atoms with Crippen LogP contribution in [0.2, 0.25) is 0 Å². The Labute approximate surface area is 239 Å². The minimum Gasteiger partial charge on any atom is -0.444 e. The molecule has 41 heavy (non-hydrogen) atoms. The van der Waals surface area contributed by atoms with Crippen LogP contribution in [0.1, 0.15) is 52.0 Å². The molecule has 5 heterocycles. The van der Waals surface area contributed by atoms with Gasteiger partial charge in [0.15, 0.2) is 5.65 Å². The van der Waals surface area contributed by atoms with Crippen molar-refractivity contribution in [2.24, 2.45) is 7.05 Å². The lowest BCUT2D eigenvalue weighted by Crippen LogP contribution is -2.56. The van der Waals surface area contributed by atoms with E-state index in [1.165, 1.54) is 23.4 Å². The summed E-state index contributed by atoms with van der Waals surface area (Å²) >= 11 is 0. The van der Waals surface area contributed by atoms with Crippen molar-refractivity contribution in [1.29, 1.82) is 0 Å². The Balaban J connectivity index is 1.34. The molecule has 2 aliphatic heterocycles. The van der Waals surface area contributed by atoms with E-state index in [-0.39, 0.29) is 23.7 Å². The predicted octanol–water partition coefficient (Wildman–Crippen LogP) is 4.34. The van der Waals surface area contributed by atoms with Crippen LogP contribution in [0.3, 0.4) is 0 Å². The van der Waals surface area contributed by atoms with Gasteiger partial charge in [-0.2, -0.15) is 9.49 Å². The number of halogens is 1. The molecule has 4 atom stereocenters. The van der Waals surface area contributed by atoms with E-state index in [9.17, 15) is 17.6 Å². The summed E-state index contributed by atoms with van der Waals surface area (Å²) in [7, 11) is -2.64. The maximum Gasteiger partial charge on any atom is 0.410 e. The van der Waals surface area contributed by atoms with Gasteiger partial charge in [0.25, 0.3) is 0 Å². The van der Waals surface area contributed by atoms with Gasteiger partial charge in [0.1, 0.15) is 10.3 Å². The fourth-order valence-corrected chi connectivity index (χ4v) is 8.21. The summed E-state index contributed by atoms with van der Waals surface area (Å²) in [5.41, 5.74) is 0.812. The fourth-order valence-electron chi connectivity index (χ4n) is 6.42. The third-order valence-electron chi connectivity index (χ3n) is 8.46. The van der Waals surface area contributed by atoms with Gasteiger partial charge in [0.2, 0.25) is 16.0 Å². The van der Waals surface area contributed by atoms with Crippen LogP contribution in [0.5, 0.6) is 0 Å². The largest absolute Gasteiger partial charge is 0.444 e. The lowest BCUT2D eigenvalue weighted by Gasteiger charge is -2.42. The highest BCUT2D eigenvalue weighted by molar-refractivity contribution is 7.91. The van der Waals surface area contributed by atoms with E-state index in [2.05, 4.69) is 15.0 Å². The molecule has 1 amide bonds. The minimum atomic E-state index is -4.12. The van der Waals surface area contributed by atoms with Crippen LogP contribution < -0.4 is 4.90 Å². The summed E-state index contributed by atoms with van der Waals surface area (Å²) in [6.45, 7) is 8.42. The summed E-state index contributed by atoms with van der Waals surface area (Å²) in [5, 5.41) is 4.70. The first-order chi connectivity index (χ1) is 19.3. The number of pyridine rings is 1. The van der Waals surface area contributed by atoms with Crippen LogP contribution in [0.4, 0.5) is 14.9 Å². The van der Waals surface area contributed by atoms with Crippen LogP contribution in [-0.4, -0.2) is 73.7 Å². The molecule has 1 aliphatic carbocycles. The average Bonchev–Trinajstić information content (AvgIpc) is 3.57. The first-order valence-corrected chi connectivity index (χ1v) is 15.3. The third-order valence-corrected chi connectivity index (χ3v) is 10.8. The van der Waals surface area contributed by atoms with E-state index in [4.69, 9.17) is 4.74 Å². The summed E-state index contributed by atoms with van der Waals surface area (Å²) in [5.74, 6) is -1.36. The van der Waals surface area contributed by atoms with Crippen molar-refractivity contribution in [3.8, 4) is 0 Å². The lowest BCUT2D eigenvalue weighted by molar-refractivity contribution is 0.0123. The first-order valence-electron chi connectivity index (χ1n) is 13.8. The number of ether oxygens (including phenoxy) is 1. The molecule has 0 N–H and O–H groups in total. The first kappa shape index (κ1) is 27.5. The molecular formula is C29H35FN6O4S. The predicted molar refractivity (Wildman–Crippen MR) is 154 cm³/mol. The van der Waals surface area contributed by atoms with Gasteiger partial charge in [-0.3, -0.25) is 4.90 Å².